The fourth-order valence-corrected chi connectivity index (χ4v) is 1.19. The van der Waals surface area contributed by atoms with E-state index in [1.165, 1.54) is 11.0 Å². The molecule has 0 radical (unpaired) electrons. The fourth-order valence-electron chi connectivity index (χ4n) is 1.19. The van der Waals surface area contributed by atoms with Crippen molar-refractivity contribution in [2.24, 2.45) is 5.92 Å². The summed E-state index contributed by atoms with van der Waals surface area (Å²) in [6, 6.07) is 0. The molecule has 0 saturated heterocycles. The van der Waals surface area contributed by atoms with Crippen LogP contribution in [0.4, 0.5) is 4.79 Å². The molecule has 0 aliphatic carbocycles. The molecule has 92 valence electrons. The second kappa shape index (κ2) is 7.91. The molecule has 0 heterocycles. The number of ether oxygens (including phenoxy) is 1. The average Bonchev–Trinajstić information content (AvgIpc) is 2.24. The summed E-state index contributed by atoms with van der Waals surface area (Å²) >= 11 is 0. The van der Waals surface area contributed by atoms with E-state index in [0.29, 0.717) is 18.9 Å². The van der Waals surface area contributed by atoms with Crippen LogP contribution in [-0.4, -0.2) is 36.5 Å². The average molecular weight is 227 g/mol. The van der Waals surface area contributed by atoms with Crippen molar-refractivity contribution in [1.82, 2.24) is 4.90 Å². The zero-order valence-electron chi connectivity index (χ0n) is 10.4. The van der Waals surface area contributed by atoms with Gasteiger partial charge in [0.2, 0.25) is 0 Å². The lowest BCUT2D eigenvalue weighted by Crippen LogP contribution is -2.38. The van der Waals surface area contributed by atoms with Crippen LogP contribution in [0.3, 0.4) is 0 Å². The Bertz CT molecular complexity index is 249. The van der Waals surface area contributed by atoms with Gasteiger partial charge in [0.25, 0.3) is 0 Å². The highest BCUT2D eigenvalue weighted by Crippen LogP contribution is 2.02. The van der Waals surface area contributed by atoms with Crippen LogP contribution < -0.4 is 0 Å². The van der Waals surface area contributed by atoms with Gasteiger partial charge in [-0.15, -0.1) is 0 Å². The molecule has 0 aromatic heterocycles. The Hall–Kier alpha value is -1.32. The second-order valence-electron chi connectivity index (χ2n) is 4.03. The molecular formula is C12H21NO3. The van der Waals surface area contributed by atoms with Crippen molar-refractivity contribution < 1.29 is 14.3 Å². The van der Waals surface area contributed by atoms with E-state index >= 15 is 0 Å². The number of Topliss-reactive ketones (excluding diaryl/α,β-unsaturated/α-hetero) is 1. The maximum absolute atomic E-state index is 11.6. The Morgan fingerprint density at radius 1 is 1.44 bits per heavy atom. The topological polar surface area (TPSA) is 46.6 Å². The molecule has 0 spiro atoms. The van der Waals surface area contributed by atoms with Crippen molar-refractivity contribution in [3.63, 3.8) is 0 Å². The predicted octanol–water partition coefficient (Wildman–Crippen LogP) is 2.25. The third kappa shape index (κ3) is 6.22. The number of carbonyl (C=O) groups excluding carboxylic acids is 2. The molecule has 4 nitrogen and oxygen atoms in total. The van der Waals surface area contributed by atoms with E-state index in [0.717, 1.165) is 0 Å². The molecule has 0 fully saturated rings. The zero-order chi connectivity index (χ0) is 12.6. The Morgan fingerprint density at radius 2 is 2.06 bits per heavy atom. The van der Waals surface area contributed by atoms with E-state index in [1.54, 1.807) is 6.92 Å². The van der Waals surface area contributed by atoms with Gasteiger partial charge in [-0.1, -0.05) is 33.4 Å². The van der Waals surface area contributed by atoms with Crippen LogP contribution in [0.1, 0.15) is 27.2 Å². The first-order valence-electron chi connectivity index (χ1n) is 5.55. The largest absolute Gasteiger partial charge is 0.445 e. The van der Waals surface area contributed by atoms with Crippen LogP contribution in [0.15, 0.2) is 12.7 Å². The van der Waals surface area contributed by atoms with E-state index in [2.05, 4.69) is 6.58 Å². The summed E-state index contributed by atoms with van der Waals surface area (Å²) in [6.07, 6.45) is 1.49. The SMILES string of the molecule is C=CCOC(=O)N(CC(=O)CC)CC(C)C. The molecule has 16 heavy (non-hydrogen) atoms. The zero-order valence-corrected chi connectivity index (χ0v) is 10.4. The molecule has 1 amide bonds. The molecule has 0 N–H and O–H groups in total. The van der Waals surface area contributed by atoms with E-state index < -0.39 is 6.09 Å². The van der Waals surface area contributed by atoms with E-state index in [4.69, 9.17) is 4.74 Å². The molecule has 0 atom stereocenters. The quantitative estimate of drug-likeness (QED) is 0.627. The molecule has 0 rings (SSSR count). The number of hydrogen-bond acceptors (Lipinski definition) is 3. The smallest absolute Gasteiger partial charge is 0.410 e. The summed E-state index contributed by atoms with van der Waals surface area (Å²) in [4.78, 5) is 24.3. The highest BCUT2D eigenvalue weighted by Gasteiger charge is 2.18. The third-order valence-corrected chi connectivity index (χ3v) is 1.93. The van der Waals surface area contributed by atoms with Gasteiger partial charge < -0.3 is 9.64 Å². The minimum Gasteiger partial charge on any atom is -0.445 e. The molecule has 0 aliphatic rings. The lowest BCUT2D eigenvalue weighted by Gasteiger charge is -2.22. The Labute approximate surface area is 97.3 Å². The van der Waals surface area contributed by atoms with Crippen molar-refractivity contribution in [2.45, 2.75) is 27.2 Å². The van der Waals surface area contributed by atoms with Crippen LogP contribution in [0, 0.1) is 5.92 Å². The standard InChI is InChI=1S/C12H21NO3/c1-5-7-16-12(15)13(8-10(3)4)9-11(14)6-2/h5,10H,1,6-9H2,2-4H3. The minimum absolute atomic E-state index is 0.0382. The fraction of sp³-hybridized carbons (Fsp3) is 0.667. The van der Waals surface area contributed by atoms with Gasteiger partial charge in [-0.3, -0.25) is 4.79 Å². The first-order valence-corrected chi connectivity index (χ1v) is 5.55. The summed E-state index contributed by atoms with van der Waals surface area (Å²) in [5, 5.41) is 0. The normalized spacial score (nSPS) is 10.0. The highest BCUT2D eigenvalue weighted by atomic mass is 16.6. The molecule has 0 bridgehead atoms. The van der Waals surface area contributed by atoms with Crippen LogP contribution in [0.2, 0.25) is 0 Å². The van der Waals surface area contributed by atoms with Gasteiger partial charge in [-0.25, -0.2) is 4.79 Å². The van der Waals surface area contributed by atoms with Gasteiger partial charge in [0, 0.05) is 13.0 Å². The van der Waals surface area contributed by atoms with Gasteiger partial charge >= 0.3 is 6.09 Å². The summed E-state index contributed by atoms with van der Waals surface area (Å²) in [7, 11) is 0. The van der Waals surface area contributed by atoms with Crippen molar-refractivity contribution in [2.75, 3.05) is 19.7 Å². The second-order valence-corrected chi connectivity index (χ2v) is 4.03. The van der Waals surface area contributed by atoms with E-state index in [1.807, 2.05) is 13.8 Å². The van der Waals surface area contributed by atoms with Crippen molar-refractivity contribution >= 4 is 11.9 Å². The van der Waals surface area contributed by atoms with E-state index in [9.17, 15) is 9.59 Å². The van der Waals surface area contributed by atoms with E-state index in [-0.39, 0.29) is 18.9 Å². The monoisotopic (exact) mass is 227 g/mol. The predicted molar refractivity (Wildman–Crippen MR) is 63.3 cm³/mol. The van der Waals surface area contributed by atoms with Gasteiger partial charge in [-0.2, -0.15) is 0 Å². The molecule has 0 saturated carbocycles. The molecular weight excluding hydrogens is 206 g/mol. The summed E-state index contributed by atoms with van der Waals surface area (Å²) in [6.45, 7) is 10.1. The van der Waals surface area contributed by atoms with Gasteiger partial charge in [0.1, 0.15) is 6.61 Å². The highest BCUT2D eigenvalue weighted by molar-refractivity contribution is 5.83. The molecule has 4 heteroatoms. The van der Waals surface area contributed by atoms with Crippen LogP contribution in [-0.2, 0) is 9.53 Å². The third-order valence-electron chi connectivity index (χ3n) is 1.93. The van der Waals surface area contributed by atoms with Crippen LogP contribution in [0.5, 0.6) is 0 Å². The maximum atomic E-state index is 11.6. The maximum Gasteiger partial charge on any atom is 0.410 e. The number of amides is 1. The summed E-state index contributed by atoms with van der Waals surface area (Å²) in [5.74, 6) is 0.345. The van der Waals surface area contributed by atoms with Crippen LogP contribution >= 0.6 is 0 Å². The van der Waals surface area contributed by atoms with Gasteiger partial charge in [0.15, 0.2) is 5.78 Å². The van der Waals surface area contributed by atoms with Crippen molar-refractivity contribution in [3.8, 4) is 0 Å². The number of rotatable bonds is 7. The Balaban J connectivity index is 4.33. The number of ketones is 1. The number of nitrogens with zero attached hydrogens (tertiary/aromatic N) is 1. The molecule has 0 unspecified atom stereocenters. The minimum atomic E-state index is -0.449. The van der Waals surface area contributed by atoms with Crippen molar-refractivity contribution in [1.29, 1.82) is 0 Å². The van der Waals surface area contributed by atoms with Crippen molar-refractivity contribution in [3.05, 3.63) is 12.7 Å². The van der Waals surface area contributed by atoms with Crippen LogP contribution in [0.25, 0.3) is 0 Å². The Kier molecular flexibility index (Phi) is 7.25. The summed E-state index contributed by atoms with van der Waals surface area (Å²) in [5.41, 5.74) is 0. The lowest BCUT2D eigenvalue weighted by atomic mass is 10.2. The number of hydrogen-bond donors (Lipinski definition) is 0. The lowest BCUT2D eigenvalue weighted by molar-refractivity contribution is -0.119. The van der Waals surface area contributed by atoms with Gasteiger partial charge in [-0.05, 0) is 5.92 Å². The number of carbonyl (C=O) groups is 2. The first kappa shape index (κ1) is 14.7. The molecule has 0 aromatic rings. The van der Waals surface area contributed by atoms with Gasteiger partial charge in [0.05, 0.1) is 6.54 Å². The molecule has 0 aliphatic heterocycles. The Morgan fingerprint density at radius 3 is 2.50 bits per heavy atom. The molecule has 0 aromatic carbocycles. The first-order chi connectivity index (χ1) is 7.51. The summed E-state index contributed by atoms with van der Waals surface area (Å²) < 4.78 is 4.92.